The number of halogens is 1. The summed E-state index contributed by atoms with van der Waals surface area (Å²) >= 11 is 0. The van der Waals surface area contributed by atoms with E-state index in [1.54, 1.807) is 120 Å². The second-order valence-corrected chi connectivity index (χ2v) is 38.1. The molecule has 12 rings (SSSR count). The van der Waals surface area contributed by atoms with Crippen molar-refractivity contribution in [2.45, 2.75) is 227 Å². The minimum Gasteiger partial charge on any atom is -0.442 e. The van der Waals surface area contributed by atoms with Crippen LogP contribution in [0.5, 0.6) is 0 Å². The van der Waals surface area contributed by atoms with Crippen LogP contribution in [0.4, 0.5) is 26.7 Å². The number of aryl methyl sites for hydroxylation is 1. The fourth-order valence-electron chi connectivity index (χ4n) is 14.0. The number of aromatic amines is 1. The molecule has 610 valence electrons. The molecular formula is C73H101ClN12O22S3. The van der Waals surface area contributed by atoms with Crippen molar-refractivity contribution in [1.29, 1.82) is 0 Å². The zero-order valence-electron chi connectivity index (χ0n) is 66.1. The predicted octanol–water partition coefficient (Wildman–Crippen LogP) is 8.56. The highest BCUT2D eigenvalue weighted by molar-refractivity contribution is 8.13. The molecule has 0 unspecified atom stereocenters. The molecule has 5 N–H and O–H groups in total. The Morgan fingerprint density at radius 1 is 0.514 bits per heavy atom. The van der Waals surface area contributed by atoms with Crippen molar-refractivity contribution in [3.05, 3.63) is 123 Å². The van der Waals surface area contributed by atoms with Crippen molar-refractivity contribution in [3.8, 4) is 0 Å². The Morgan fingerprint density at radius 3 is 1.10 bits per heavy atom. The zero-order chi connectivity index (χ0) is 82.4. The minimum absolute atomic E-state index is 0.00545. The highest BCUT2D eigenvalue weighted by atomic mass is 35.7. The molecule has 3 saturated heterocycles. The van der Waals surface area contributed by atoms with Crippen LogP contribution in [0.25, 0.3) is 0 Å². The smallest absolute Gasteiger partial charge is 0.435 e. The third-order valence-corrected chi connectivity index (χ3v) is 20.2. The summed E-state index contributed by atoms with van der Waals surface area (Å²) in [6.45, 7) is 32.0. The number of aliphatic hydroxyl groups is 1. The summed E-state index contributed by atoms with van der Waals surface area (Å²) in [5.74, 6) is -3.94. The molecule has 6 fully saturated rings. The van der Waals surface area contributed by atoms with Crippen LogP contribution in [0, 0.1) is 59.3 Å². The van der Waals surface area contributed by atoms with E-state index < -0.39 is 88.0 Å². The maximum absolute atomic E-state index is 13.7. The quantitative estimate of drug-likeness (QED) is 0.0288. The number of nitrogens with one attached hydrogen (secondary N) is 4. The molecular weight excluding hydrogens is 1530 g/mol. The van der Waals surface area contributed by atoms with E-state index in [9.17, 15) is 54.3 Å². The molecule has 3 saturated carbocycles. The summed E-state index contributed by atoms with van der Waals surface area (Å²) in [6.07, 6.45) is 10.6. The van der Waals surface area contributed by atoms with Crippen LogP contribution in [0.3, 0.4) is 0 Å². The summed E-state index contributed by atoms with van der Waals surface area (Å²) in [5, 5.41) is 35.7. The van der Waals surface area contributed by atoms with Crippen LogP contribution in [-0.2, 0) is 75.5 Å². The largest absolute Gasteiger partial charge is 0.442 e. The van der Waals surface area contributed by atoms with Gasteiger partial charge in [0.25, 0.3) is 20.2 Å². The molecule has 0 amide bonds. The van der Waals surface area contributed by atoms with Gasteiger partial charge in [0.1, 0.15) is 46.6 Å². The molecule has 12 atom stereocenters. The first-order valence-electron chi connectivity index (χ1n) is 35.8. The summed E-state index contributed by atoms with van der Waals surface area (Å²) < 4.78 is 125. The lowest BCUT2D eigenvalue weighted by atomic mass is 10.0. The van der Waals surface area contributed by atoms with Crippen LogP contribution in [0.2, 0.25) is 0 Å². The number of ether oxygens (including phenoxy) is 8. The van der Waals surface area contributed by atoms with Crippen LogP contribution < -0.4 is 16.0 Å². The molecule has 3 aliphatic carbocycles. The molecule has 3 aliphatic heterocycles. The van der Waals surface area contributed by atoms with E-state index in [-0.39, 0.29) is 109 Å². The van der Waals surface area contributed by atoms with Gasteiger partial charge >= 0.3 is 12.2 Å². The average molecular weight is 1630 g/mol. The number of aliphatic hydroxyl groups excluding tert-OH is 1. The third-order valence-electron chi connectivity index (χ3n) is 19.1. The number of fused-ring (bicyclic) bond motifs is 3. The number of nitrogens with zero attached hydrogens (tertiary/aromatic N) is 8. The van der Waals surface area contributed by atoms with Crippen molar-refractivity contribution < 1.29 is 101 Å². The summed E-state index contributed by atoms with van der Waals surface area (Å²) in [5.41, 5.74) is 5.65. The topological polar surface area (TPSA) is 439 Å². The van der Waals surface area contributed by atoms with E-state index in [1.165, 1.54) is 18.6 Å². The Bertz CT molecular complexity index is 4810. The first kappa shape index (κ1) is 87.2. The van der Waals surface area contributed by atoms with Gasteiger partial charge in [-0.05, 0) is 162 Å². The van der Waals surface area contributed by atoms with E-state index in [4.69, 9.17) is 46.3 Å². The van der Waals surface area contributed by atoms with Crippen molar-refractivity contribution in [1.82, 2.24) is 44.7 Å². The number of rotatable bonds is 19. The fraction of sp³-hybridized carbons (Fsp3) is 0.603. The van der Waals surface area contributed by atoms with Gasteiger partial charge in [-0.3, -0.25) is 42.8 Å². The number of H-pyrrole nitrogens is 1. The van der Waals surface area contributed by atoms with Crippen molar-refractivity contribution in [3.63, 3.8) is 0 Å². The summed E-state index contributed by atoms with van der Waals surface area (Å²) in [6, 6.07) is 4.44. The number of aromatic nitrogens is 9. The fourth-order valence-corrected chi connectivity index (χ4v) is 14.8. The van der Waals surface area contributed by atoms with Gasteiger partial charge < -0.3 is 59.0 Å². The molecule has 6 aliphatic rings. The van der Waals surface area contributed by atoms with Gasteiger partial charge in [-0.2, -0.15) is 41.5 Å². The molecule has 0 bridgehead atoms. The van der Waals surface area contributed by atoms with Gasteiger partial charge in [0, 0.05) is 112 Å². The number of carbonyl (C=O) groups is 5. The van der Waals surface area contributed by atoms with Crippen LogP contribution >= 0.6 is 10.7 Å². The zero-order valence-corrected chi connectivity index (χ0v) is 69.3. The number of carbonyl (C=O) groups excluding carboxylic acids is 5. The number of pyridine rings is 3. The molecule has 38 heteroatoms. The number of hydrogen-bond acceptors (Lipinski definition) is 31. The van der Waals surface area contributed by atoms with Crippen LogP contribution in [0.1, 0.15) is 184 Å². The van der Waals surface area contributed by atoms with Gasteiger partial charge in [-0.25, -0.2) is 18.0 Å². The predicted molar refractivity (Wildman–Crippen MR) is 405 cm³/mol. The lowest BCUT2D eigenvalue weighted by molar-refractivity contribution is -0.159. The van der Waals surface area contributed by atoms with Gasteiger partial charge in [-0.1, -0.05) is 0 Å². The van der Waals surface area contributed by atoms with E-state index in [2.05, 4.69) is 62.0 Å². The number of ketones is 3. The second kappa shape index (κ2) is 33.3. The Labute approximate surface area is 650 Å². The van der Waals surface area contributed by atoms with E-state index in [1.807, 2.05) is 41.5 Å². The minimum atomic E-state index is -3.63. The first-order valence-corrected chi connectivity index (χ1v) is 42.2. The lowest BCUT2D eigenvalue weighted by Gasteiger charge is -2.25. The number of hydrogen-bond donors (Lipinski definition) is 5. The van der Waals surface area contributed by atoms with E-state index >= 15 is 0 Å². The standard InChI is InChI=1S/C26H36N4O8S.C25H34N4O6.C21H28N4O6S.CH3ClO2S/c1-14-15(2)30(24(32)38-25(3,4)5)29-20(14)21(31)17-12-27-10-9-18(17)28-19-11-16(13-35-39(8,33)34)22-23(19)37-26(6,7)36-22;1-13-14(2)29(23(32)35-24(3,4)5)28-19(13)20(31)16-11-26-9-8-17(16)27-18-10-15(12-30)21-22(18)34-25(6,7)33-21;1-11-12(2)24-25-17(11)18(26)14-9-22-7-6-15(14)23-16-8-13(10-29-32(5,27)28)19-20(16)31-21(3,4)30-19;1-5(2,3)4/h9-10,12,16,19,22-23H,11,13H2,1-8H3,(H,27,28);8-9,11,15,18,21-22,30H,10,12H2,1-7H3,(H,26,27);6-7,9,13,16,19-20H,8,10H2,1-5H3,(H,22,23)(H,24,25);1H3/t16-,19-,22-,23+;15-,18-,21-,22+;13-,16-,19-,20+;/m111./s1. The van der Waals surface area contributed by atoms with Gasteiger partial charge in [0.05, 0.1) is 96.5 Å². The van der Waals surface area contributed by atoms with E-state index in [0.29, 0.717) is 75.7 Å². The normalized spacial score (nSPS) is 24.8. The maximum atomic E-state index is 13.7. The summed E-state index contributed by atoms with van der Waals surface area (Å²) in [7, 11) is -5.90. The average Bonchev–Trinajstić information content (AvgIpc) is 1.62. The van der Waals surface area contributed by atoms with Crippen LogP contribution in [0.15, 0.2) is 55.4 Å². The molecule has 0 spiro atoms. The molecule has 6 aromatic heterocycles. The molecule has 0 radical (unpaired) electrons. The molecule has 111 heavy (non-hydrogen) atoms. The first-order chi connectivity index (χ1) is 51.2. The Morgan fingerprint density at radius 2 is 0.811 bits per heavy atom. The molecule has 6 aromatic rings. The summed E-state index contributed by atoms with van der Waals surface area (Å²) in [4.78, 5) is 78.2. The van der Waals surface area contributed by atoms with E-state index in [0.717, 1.165) is 39.4 Å². The highest BCUT2D eigenvalue weighted by Crippen LogP contribution is 2.47. The molecule has 0 aromatic carbocycles. The Balaban J connectivity index is 0.000000186. The van der Waals surface area contributed by atoms with Crippen molar-refractivity contribution >= 4 is 86.6 Å². The maximum Gasteiger partial charge on any atom is 0.435 e. The van der Waals surface area contributed by atoms with Gasteiger partial charge in [0.2, 0.25) is 26.4 Å². The van der Waals surface area contributed by atoms with Crippen LogP contribution in [-0.4, -0.2) is 227 Å². The van der Waals surface area contributed by atoms with Gasteiger partial charge in [0.15, 0.2) is 17.4 Å². The Hall–Kier alpha value is -7.79. The highest BCUT2D eigenvalue weighted by Gasteiger charge is 2.57. The molecule has 9 heterocycles. The van der Waals surface area contributed by atoms with Gasteiger partial charge in [-0.15, -0.1) is 0 Å². The Kier molecular flexibility index (Phi) is 26.2. The van der Waals surface area contributed by atoms with Crippen molar-refractivity contribution in [2.24, 2.45) is 17.8 Å². The van der Waals surface area contributed by atoms with Crippen molar-refractivity contribution in [2.75, 3.05) is 54.5 Å². The number of anilines is 3. The second-order valence-electron chi connectivity index (χ2n) is 31.8. The lowest BCUT2D eigenvalue weighted by Crippen LogP contribution is -2.35. The molecule has 34 nitrogen and oxygen atoms in total. The monoisotopic (exact) mass is 1630 g/mol. The third kappa shape index (κ3) is 22.0. The SMILES string of the molecule is CS(=O)(=O)Cl.Cc1[nH]nc(C(=O)c2cnccc2N[C@@H]2C[C@H](COS(C)(=O)=O)[C@H]3OC(C)(C)O[C@H]32)c1C.Cc1c(C(=O)c2cnccc2N[C@@H]2C[C@H](CO)[C@H]3OC(C)(C)O[C@H]32)nn(C(=O)OC(C)(C)C)c1C.Cc1c(C(=O)c2cnccc2N[C@@H]2C[C@H](COS(C)(=O)=O)[C@H]3OC(C)(C)O[C@H]32)nn(C(=O)OC(C)(C)C)c1C.